The Morgan fingerprint density at radius 2 is 2.20 bits per heavy atom. The lowest BCUT2D eigenvalue weighted by atomic mass is 9.82. The van der Waals surface area contributed by atoms with E-state index in [0.29, 0.717) is 25.1 Å². The number of carboxylic acid groups (broad SMARTS) is 1. The summed E-state index contributed by atoms with van der Waals surface area (Å²) in [4.78, 5) is 24.9. The first-order valence-electron chi connectivity index (χ1n) is 6.67. The number of piperidine rings is 1. The van der Waals surface area contributed by atoms with Crippen molar-refractivity contribution in [2.24, 2.45) is 5.41 Å². The molecule has 1 unspecified atom stereocenters. The zero-order valence-corrected chi connectivity index (χ0v) is 11.8. The summed E-state index contributed by atoms with van der Waals surface area (Å²) in [5.41, 5.74) is -0.844. The number of amides is 1. The van der Waals surface area contributed by atoms with Crippen molar-refractivity contribution >= 4 is 18.0 Å². The number of carbonyl (C=O) groups is 2. The number of carboxylic acids is 1. The fraction of sp³-hybridized carbons (Fsp3) is 0.467. The molecule has 2 rings (SSSR count). The summed E-state index contributed by atoms with van der Waals surface area (Å²) >= 11 is 0. The number of likely N-dealkylation sites (tertiary alicyclic amines) is 1. The van der Waals surface area contributed by atoms with E-state index in [9.17, 15) is 14.7 Å². The molecule has 1 N–H and O–H groups in total. The molecule has 0 bridgehead atoms. The number of hydrogen-bond acceptors (Lipinski definition) is 3. The third-order valence-electron chi connectivity index (χ3n) is 3.68. The maximum atomic E-state index is 12.1. The molecule has 0 aliphatic carbocycles. The van der Waals surface area contributed by atoms with E-state index in [0.717, 1.165) is 5.76 Å². The lowest BCUT2D eigenvalue weighted by Crippen LogP contribution is -2.47. The van der Waals surface area contributed by atoms with E-state index in [1.165, 1.54) is 6.08 Å². The largest absolute Gasteiger partial charge is 0.481 e. The first-order chi connectivity index (χ1) is 9.40. The van der Waals surface area contributed by atoms with Crippen molar-refractivity contribution < 1.29 is 19.1 Å². The topological polar surface area (TPSA) is 70.8 Å². The molecule has 108 valence electrons. The summed E-state index contributed by atoms with van der Waals surface area (Å²) in [5.74, 6) is 0.384. The van der Waals surface area contributed by atoms with Gasteiger partial charge in [0.1, 0.15) is 11.5 Å². The highest BCUT2D eigenvalue weighted by atomic mass is 16.4. The minimum absolute atomic E-state index is 0.175. The number of rotatable bonds is 3. The van der Waals surface area contributed by atoms with E-state index in [1.54, 1.807) is 24.0 Å². The van der Waals surface area contributed by atoms with Crippen molar-refractivity contribution in [3.05, 3.63) is 29.7 Å². The zero-order chi connectivity index (χ0) is 14.8. The van der Waals surface area contributed by atoms with Crippen LogP contribution in [0.1, 0.15) is 31.3 Å². The molecule has 1 aromatic heterocycles. The monoisotopic (exact) mass is 277 g/mol. The average Bonchev–Trinajstić information content (AvgIpc) is 2.81. The summed E-state index contributed by atoms with van der Waals surface area (Å²) in [7, 11) is 0. The number of aliphatic carboxylic acids is 1. The van der Waals surface area contributed by atoms with Gasteiger partial charge in [-0.1, -0.05) is 0 Å². The Hall–Kier alpha value is -2.04. The highest BCUT2D eigenvalue weighted by molar-refractivity contribution is 5.92. The number of aryl methyl sites for hydroxylation is 1. The Balaban J connectivity index is 2.02. The van der Waals surface area contributed by atoms with Gasteiger partial charge in [0.2, 0.25) is 5.91 Å². The van der Waals surface area contributed by atoms with E-state index >= 15 is 0 Å². The maximum absolute atomic E-state index is 12.1. The van der Waals surface area contributed by atoms with Crippen molar-refractivity contribution in [1.82, 2.24) is 4.90 Å². The second-order valence-corrected chi connectivity index (χ2v) is 5.51. The summed E-state index contributed by atoms with van der Waals surface area (Å²) in [5, 5.41) is 9.24. The summed E-state index contributed by atoms with van der Waals surface area (Å²) in [6.45, 7) is 4.38. The van der Waals surface area contributed by atoms with Gasteiger partial charge in [-0.25, -0.2) is 0 Å². The van der Waals surface area contributed by atoms with E-state index in [2.05, 4.69) is 0 Å². The SMILES string of the molecule is Cc1ccc(C=CC(=O)N2CCCC(C)(C(=O)O)C2)o1. The summed E-state index contributed by atoms with van der Waals surface area (Å²) < 4.78 is 5.35. The van der Waals surface area contributed by atoms with Gasteiger partial charge in [-0.05, 0) is 44.9 Å². The van der Waals surface area contributed by atoms with Gasteiger partial charge in [-0.15, -0.1) is 0 Å². The predicted molar refractivity (Wildman–Crippen MR) is 74.0 cm³/mol. The van der Waals surface area contributed by atoms with Crippen molar-refractivity contribution in [3.63, 3.8) is 0 Å². The molecule has 5 heteroatoms. The van der Waals surface area contributed by atoms with Crippen LogP contribution in [-0.4, -0.2) is 35.0 Å². The van der Waals surface area contributed by atoms with Crippen LogP contribution in [-0.2, 0) is 9.59 Å². The summed E-state index contributed by atoms with van der Waals surface area (Å²) in [6.07, 6.45) is 4.36. The van der Waals surface area contributed by atoms with Crippen molar-refractivity contribution in [3.8, 4) is 0 Å². The first-order valence-corrected chi connectivity index (χ1v) is 6.67. The van der Waals surface area contributed by atoms with E-state index in [1.807, 2.05) is 13.0 Å². The van der Waals surface area contributed by atoms with Crippen LogP contribution in [0, 0.1) is 12.3 Å². The van der Waals surface area contributed by atoms with E-state index in [4.69, 9.17) is 4.42 Å². The Bertz CT molecular complexity index is 546. The number of carbonyl (C=O) groups excluding carboxylic acids is 1. The predicted octanol–water partition coefficient (Wildman–Crippen LogP) is 2.31. The van der Waals surface area contributed by atoms with Crippen LogP contribution in [0.4, 0.5) is 0 Å². The lowest BCUT2D eigenvalue weighted by Gasteiger charge is -2.37. The standard InChI is InChI=1S/C15H19NO4/c1-11-4-5-12(20-11)6-7-13(17)16-9-3-8-15(2,10-16)14(18)19/h4-7H,3,8-10H2,1-2H3,(H,18,19). The smallest absolute Gasteiger partial charge is 0.311 e. The van der Waals surface area contributed by atoms with Crippen molar-refractivity contribution in [1.29, 1.82) is 0 Å². The van der Waals surface area contributed by atoms with E-state index in [-0.39, 0.29) is 12.5 Å². The van der Waals surface area contributed by atoms with Crippen LogP contribution in [0.25, 0.3) is 6.08 Å². The number of nitrogens with zero attached hydrogens (tertiary/aromatic N) is 1. The first kappa shape index (κ1) is 14.4. The van der Waals surface area contributed by atoms with Crippen LogP contribution in [0.5, 0.6) is 0 Å². The maximum Gasteiger partial charge on any atom is 0.311 e. The Morgan fingerprint density at radius 3 is 2.80 bits per heavy atom. The molecule has 2 heterocycles. The fourth-order valence-electron chi connectivity index (χ4n) is 2.40. The van der Waals surface area contributed by atoms with Gasteiger partial charge in [-0.2, -0.15) is 0 Å². The van der Waals surface area contributed by atoms with Crippen molar-refractivity contribution in [2.75, 3.05) is 13.1 Å². The Morgan fingerprint density at radius 1 is 1.45 bits per heavy atom. The molecule has 1 atom stereocenters. The molecule has 0 saturated carbocycles. The molecular formula is C15H19NO4. The molecule has 1 amide bonds. The molecule has 1 aromatic rings. The van der Waals surface area contributed by atoms with Gasteiger partial charge in [-0.3, -0.25) is 9.59 Å². The minimum atomic E-state index is -0.847. The molecule has 0 radical (unpaired) electrons. The molecule has 1 saturated heterocycles. The van der Waals surface area contributed by atoms with Crippen LogP contribution < -0.4 is 0 Å². The van der Waals surface area contributed by atoms with Crippen molar-refractivity contribution in [2.45, 2.75) is 26.7 Å². The molecule has 0 spiro atoms. The third kappa shape index (κ3) is 3.10. The lowest BCUT2D eigenvalue weighted by molar-refractivity contribution is -0.152. The number of furan rings is 1. The normalized spacial score (nSPS) is 23.2. The van der Waals surface area contributed by atoms with Gasteiger partial charge < -0.3 is 14.4 Å². The quantitative estimate of drug-likeness (QED) is 0.861. The van der Waals surface area contributed by atoms with Crippen LogP contribution in [0.15, 0.2) is 22.6 Å². The average molecular weight is 277 g/mol. The molecule has 1 aliphatic rings. The van der Waals surface area contributed by atoms with E-state index < -0.39 is 11.4 Å². The fourth-order valence-corrected chi connectivity index (χ4v) is 2.40. The Kier molecular flexibility index (Phi) is 3.97. The molecule has 1 fully saturated rings. The van der Waals surface area contributed by atoms with Gasteiger partial charge >= 0.3 is 5.97 Å². The van der Waals surface area contributed by atoms with Crippen LogP contribution >= 0.6 is 0 Å². The molecular weight excluding hydrogens is 258 g/mol. The number of hydrogen-bond donors (Lipinski definition) is 1. The highest BCUT2D eigenvalue weighted by Crippen LogP contribution is 2.29. The molecule has 5 nitrogen and oxygen atoms in total. The van der Waals surface area contributed by atoms with Crippen LogP contribution in [0.3, 0.4) is 0 Å². The third-order valence-corrected chi connectivity index (χ3v) is 3.68. The molecule has 20 heavy (non-hydrogen) atoms. The van der Waals surface area contributed by atoms with Gasteiger partial charge in [0, 0.05) is 19.2 Å². The summed E-state index contributed by atoms with van der Waals surface area (Å²) in [6, 6.07) is 3.61. The minimum Gasteiger partial charge on any atom is -0.481 e. The van der Waals surface area contributed by atoms with Gasteiger partial charge in [0.05, 0.1) is 5.41 Å². The zero-order valence-electron chi connectivity index (χ0n) is 11.8. The molecule has 1 aliphatic heterocycles. The highest BCUT2D eigenvalue weighted by Gasteiger charge is 2.38. The van der Waals surface area contributed by atoms with Gasteiger partial charge in [0.15, 0.2) is 0 Å². The second-order valence-electron chi connectivity index (χ2n) is 5.51. The van der Waals surface area contributed by atoms with Gasteiger partial charge in [0.25, 0.3) is 0 Å². The Labute approximate surface area is 117 Å². The van der Waals surface area contributed by atoms with Crippen LogP contribution in [0.2, 0.25) is 0 Å². The second kappa shape index (κ2) is 5.53. The molecule has 0 aromatic carbocycles.